The Kier molecular flexibility index (Phi) is 7.28. The molecule has 0 radical (unpaired) electrons. The summed E-state index contributed by atoms with van der Waals surface area (Å²) in [5.41, 5.74) is -0.0429. The summed E-state index contributed by atoms with van der Waals surface area (Å²) >= 11 is 0. The van der Waals surface area contributed by atoms with Crippen molar-refractivity contribution < 1.29 is 9.59 Å². The zero-order valence-corrected chi connectivity index (χ0v) is 13.5. The molecule has 7 heteroatoms. The number of likely N-dealkylation sites (N-methyl/N-ethyl adjacent to an activating group) is 2. The molecule has 0 aromatic carbocycles. The van der Waals surface area contributed by atoms with Crippen molar-refractivity contribution in [1.82, 2.24) is 20.0 Å². The third-order valence-electron chi connectivity index (χ3n) is 3.19. The Morgan fingerprint density at radius 2 is 2.00 bits per heavy atom. The fraction of sp³-hybridized carbons (Fsp3) is 0.600. The van der Waals surface area contributed by atoms with Gasteiger partial charge < -0.3 is 10.2 Å². The van der Waals surface area contributed by atoms with Gasteiger partial charge in [0.1, 0.15) is 5.69 Å². The molecule has 0 aliphatic heterocycles. The zero-order valence-electron chi connectivity index (χ0n) is 13.5. The lowest BCUT2D eigenvalue weighted by atomic mass is 10.3. The van der Waals surface area contributed by atoms with E-state index in [1.165, 1.54) is 21.7 Å². The summed E-state index contributed by atoms with van der Waals surface area (Å²) in [6.07, 6.45) is 1.76. The number of aromatic nitrogens is 2. The van der Waals surface area contributed by atoms with Crippen LogP contribution in [0.2, 0.25) is 0 Å². The molecule has 0 saturated carbocycles. The quantitative estimate of drug-likeness (QED) is 0.764. The van der Waals surface area contributed by atoms with Gasteiger partial charge in [-0.3, -0.25) is 14.4 Å². The number of carbonyl (C=O) groups excluding carboxylic acids is 2. The third-order valence-corrected chi connectivity index (χ3v) is 3.19. The number of hydrogen-bond acceptors (Lipinski definition) is 4. The van der Waals surface area contributed by atoms with Gasteiger partial charge in [0.05, 0.1) is 6.54 Å². The lowest BCUT2D eigenvalue weighted by Gasteiger charge is -2.20. The zero-order chi connectivity index (χ0) is 16.5. The fourth-order valence-electron chi connectivity index (χ4n) is 1.95. The number of amides is 2. The smallest absolute Gasteiger partial charge is 0.274 e. The standard InChI is InChI=1S/C15H24N4O3/c1-4-7-10-19-14(21)9-8-12(17-19)15(22)18(6-3)11-13(20)16-5-2/h8-9H,4-7,10-11H2,1-3H3,(H,16,20). The van der Waals surface area contributed by atoms with Gasteiger partial charge in [-0.05, 0) is 26.3 Å². The van der Waals surface area contributed by atoms with Crippen LogP contribution in [0.3, 0.4) is 0 Å². The fourth-order valence-corrected chi connectivity index (χ4v) is 1.95. The van der Waals surface area contributed by atoms with Gasteiger partial charge >= 0.3 is 0 Å². The lowest BCUT2D eigenvalue weighted by Crippen LogP contribution is -2.41. The number of nitrogens with one attached hydrogen (secondary N) is 1. The van der Waals surface area contributed by atoms with Crippen LogP contribution in [0.5, 0.6) is 0 Å². The third kappa shape index (κ3) is 4.98. The van der Waals surface area contributed by atoms with E-state index in [0.717, 1.165) is 12.8 Å². The van der Waals surface area contributed by atoms with Crippen LogP contribution in [0, 0.1) is 0 Å². The van der Waals surface area contributed by atoms with E-state index in [0.29, 0.717) is 19.6 Å². The van der Waals surface area contributed by atoms with Crippen molar-refractivity contribution in [2.24, 2.45) is 0 Å². The molecule has 22 heavy (non-hydrogen) atoms. The Balaban J connectivity index is 2.90. The minimum absolute atomic E-state index is 0.0149. The largest absolute Gasteiger partial charge is 0.355 e. The molecule has 1 heterocycles. The highest BCUT2D eigenvalue weighted by molar-refractivity contribution is 5.94. The van der Waals surface area contributed by atoms with Crippen LogP contribution in [0.15, 0.2) is 16.9 Å². The molecule has 1 N–H and O–H groups in total. The average Bonchev–Trinajstić information content (AvgIpc) is 2.51. The minimum atomic E-state index is -0.348. The molecule has 1 aromatic heterocycles. The van der Waals surface area contributed by atoms with E-state index in [9.17, 15) is 14.4 Å². The van der Waals surface area contributed by atoms with Gasteiger partial charge in [-0.2, -0.15) is 5.10 Å². The topological polar surface area (TPSA) is 84.3 Å². The Morgan fingerprint density at radius 1 is 1.27 bits per heavy atom. The maximum Gasteiger partial charge on any atom is 0.274 e. The van der Waals surface area contributed by atoms with Crippen molar-refractivity contribution >= 4 is 11.8 Å². The second-order valence-corrected chi connectivity index (χ2v) is 4.91. The number of rotatable bonds is 8. The van der Waals surface area contributed by atoms with Crippen LogP contribution in [-0.2, 0) is 11.3 Å². The van der Waals surface area contributed by atoms with E-state index in [2.05, 4.69) is 10.4 Å². The SMILES string of the molecule is CCCCn1nc(C(=O)N(CC)CC(=O)NCC)ccc1=O. The number of unbranched alkanes of at least 4 members (excludes halogenated alkanes) is 1. The van der Waals surface area contributed by atoms with Gasteiger partial charge in [0.2, 0.25) is 5.91 Å². The Bertz CT molecular complexity index is 568. The number of hydrogen-bond donors (Lipinski definition) is 1. The predicted molar refractivity (Wildman–Crippen MR) is 83.7 cm³/mol. The van der Waals surface area contributed by atoms with Crippen molar-refractivity contribution in [1.29, 1.82) is 0 Å². The summed E-state index contributed by atoms with van der Waals surface area (Å²) < 4.78 is 1.30. The van der Waals surface area contributed by atoms with Crippen molar-refractivity contribution in [3.8, 4) is 0 Å². The molecule has 0 bridgehead atoms. The van der Waals surface area contributed by atoms with Crippen LogP contribution in [0.1, 0.15) is 44.1 Å². The first-order valence-corrected chi connectivity index (χ1v) is 7.67. The second kappa shape index (κ2) is 8.96. The number of aryl methyl sites for hydroxylation is 1. The van der Waals surface area contributed by atoms with Crippen molar-refractivity contribution in [2.45, 2.75) is 40.2 Å². The first-order chi connectivity index (χ1) is 10.5. The normalized spacial score (nSPS) is 10.3. The van der Waals surface area contributed by atoms with E-state index in [1.54, 1.807) is 6.92 Å². The molecule has 0 spiro atoms. The Morgan fingerprint density at radius 3 is 2.59 bits per heavy atom. The molecule has 0 fully saturated rings. The summed E-state index contributed by atoms with van der Waals surface area (Å²) in [6.45, 7) is 7.02. The summed E-state index contributed by atoms with van der Waals surface area (Å²) in [4.78, 5) is 37.2. The van der Waals surface area contributed by atoms with Gasteiger partial charge in [-0.1, -0.05) is 13.3 Å². The van der Waals surface area contributed by atoms with E-state index < -0.39 is 0 Å². The van der Waals surface area contributed by atoms with Crippen molar-refractivity contribution in [3.63, 3.8) is 0 Å². The summed E-state index contributed by atoms with van der Waals surface area (Å²) in [7, 11) is 0. The first-order valence-electron chi connectivity index (χ1n) is 7.67. The maximum atomic E-state index is 12.4. The van der Waals surface area contributed by atoms with Gasteiger partial charge in [0, 0.05) is 25.7 Å². The molecule has 1 aromatic rings. The van der Waals surface area contributed by atoms with Gasteiger partial charge in [-0.25, -0.2) is 4.68 Å². The molecular weight excluding hydrogens is 284 g/mol. The second-order valence-electron chi connectivity index (χ2n) is 4.91. The molecular formula is C15H24N4O3. The van der Waals surface area contributed by atoms with E-state index in [4.69, 9.17) is 0 Å². The molecule has 122 valence electrons. The van der Waals surface area contributed by atoms with Gasteiger partial charge in [0.15, 0.2) is 0 Å². The highest BCUT2D eigenvalue weighted by atomic mass is 16.2. The maximum absolute atomic E-state index is 12.4. The van der Waals surface area contributed by atoms with Crippen LogP contribution in [0.4, 0.5) is 0 Å². The molecule has 0 saturated heterocycles. The lowest BCUT2D eigenvalue weighted by molar-refractivity contribution is -0.121. The highest BCUT2D eigenvalue weighted by Crippen LogP contribution is 2.01. The number of nitrogens with zero attached hydrogens (tertiary/aromatic N) is 3. The predicted octanol–water partition coefficient (Wildman–Crippen LogP) is 0.642. The molecule has 1 rings (SSSR count). The van der Waals surface area contributed by atoms with Gasteiger partial charge in [0.25, 0.3) is 11.5 Å². The highest BCUT2D eigenvalue weighted by Gasteiger charge is 2.19. The van der Waals surface area contributed by atoms with Crippen LogP contribution < -0.4 is 10.9 Å². The van der Waals surface area contributed by atoms with Crippen LogP contribution in [-0.4, -0.2) is 46.1 Å². The summed E-state index contributed by atoms with van der Waals surface area (Å²) in [5, 5.41) is 6.77. The molecule has 0 aliphatic rings. The Labute approximate surface area is 130 Å². The van der Waals surface area contributed by atoms with E-state index >= 15 is 0 Å². The molecule has 7 nitrogen and oxygen atoms in total. The number of carbonyl (C=O) groups is 2. The minimum Gasteiger partial charge on any atom is -0.355 e. The van der Waals surface area contributed by atoms with Gasteiger partial charge in [-0.15, -0.1) is 0 Å². The first kappa shape index (κ1) is 17.9. The van der Waals surface area contributed by atoms with Crippen LogP contribution in [0.25, 0.3) is 0 Å². The summed E-state index contributed by atoms with van der Waals surface area (Å²) in [6, 6.07) is 2.75. The molecule has 0 unspecified atom stereocenters. The van der Waals surface area contributed by atoms with E-state index in [-0.39, 0.29) is 29.6 Å². The van der Waals surface area contributed by atoms with Crippen LogP contribution >= 0.6 is 0 Å². The average molecular weight is 308 g/mol. The van der Waals surface area contributed by atoms with E-state index in [1.807, 2.05) is 13.8 Å². The van der Waals surface area contributed by atoms with Crippen molar-refractivity contribution in [2.75, 3.05) is 19.6 Å². The molecule has 2 amide bonds. The Hall–Kier alpha value is -2.18. The van der Waals surface area contributed by atoms with Crippen molar-refractivity contribution in [3.05, 3.63) is 28.2 Å². The monoisotopic (exact) mass is 308 g/mol. The summed E-state index contributed by atoms with van der Waals surface area (Å²) in [5.74, 6) is -0.559. The molecule has 0 aliphatic carbocycles. The molecule has 0 atom stereocenters.